The normalized spacial score (nSPS) is 23.0. The van der Waals surface area contributed by atoms with E-state index in [1.807, 2.05) is 25.4 Å². The van der Waals surface area contributed by atoms with Crippen molar-refractivity contribution in [3.05, 3.63) is 53.9 Å². The van der Waals surface area contributed by atoms with E-state index in [1.54, 1.807) is 6.07 Å². The van der Waals surface area contributed by atoms with Crippen molar-refractivity contribution in [1.29, 1.82) is 0 Å². The molecule has 2 aliphatic heterocycles. The highest BCUT2D eigenvalue weighted by Gasteiger charge is 2.43. The second kappa shape index (κ2) is 10.1. The standard InChI is InChI=1S/C27H31FN6O3/c1-3-16-4-7-22(21(28)8-16)33-25-24(35-2)26(32-15-31-25)37-23-19-11-34(12-20(23)14-36-13-19)27-29-9-18(10-30-27)17-5-6-17/h4,7-10,15,17,19-20,23H,3,5-6,11-14H2,1-2H3,(H,31,32,33). The fraction of sp³-hybridized carbons (Fsp3) is 0.481. The number of anilines is 3. The van der Waals surface area contributed by atoms with E-state index in [4.69, 9.17) is 14.2 Å². The van der Waals surface area contributed by atoms with Crippen LogP contribution in [-0.4, -0.2) is 59.5 Å². The van der Waals surface area contributed by atoms with Crippen LogP contribution in [0.25, 0.3) is 0 Å². The quantitative estimate of drug-likeness (QED) is 0.484. The van der Waals surface area contributed by atoms with Crippen LogP contribution in [0.15, 0.2) is 36.9 Å². The van der Waals surface area contributed by atoms with Gasteiger partial charge in [-0.2, -0.15) is 4.98 Å². The average Bonchev–Trinajstić information content (AvgIpc) is 3.76. The summed E-state index contributed by atoms with van der Waals surface area (Å²) in [6.07, 6.45) is 8.44. The molecule has 1 saturated carbocycles. The monoisotopic (exact) mass is 506 g/mol. The van der Waals surface area contributed by atoms with E-state index in [-0.39, 0.29) is 23.8 Å². The molecule has 194 valence electrons. The first-order valence-corrected chi connectivity index (χ1v) is 12.9. The van der Waals surface area contributed by atoms with Gasteiger partial charge in [-0.25, -0.2) is 19.3 Å². The highest BCUT2D eigenvalue weighted by molar-refractivity contribution is 5.65. The molecule has 6 rings (SSSR count). The Labute approximate surface area is 215 Å². The third-order valence-electron chi connectivity index (χ3n) is 7.41. The Morgan fingerprint density at radius 3 is 2.49 bits per heavy atom. The number of benzene rings is 1. The van der Waals surface area contributed by atoms with E-state index in [0.717, 1.165) is 31.0 Å². The summed E-state index contributed by atoms with van der Waals surface area (Å²) in [5.41, 5.74) is 2.46. The lowest BCUT2D eigenvalue weighted by molar-refractivity contribution is -0.0775. The van der Waals surface area contributed by atoms with Crippen LogP contribution in [0.5, 0.6) is 11.6 Å². The van der Waals surface area contributed by atoms with Gasteiger partial charge in [-0.05, 0) is 48.4 Å². The molecule has 2 atom stereocenters. The number of ether oxygens (including phenoxy) is 3. The minimum atomic E-state index is -0.353. The summed E-state index contributed by atoms with van der Waals surface area (Å²) in [5, 5.41) is 3.04. The van der Waals surface area contributed by atoms with E-state index < -0.39 is 0 Å². The van der Waals surface area contributed by atoms with Crippen LogP contribution in [0.1, 0.15) is 36.8 Å². The van der Waals surface area contributed by atoms with Crippen molar-refractivity contribution in [1.82, 2.24) is 19.9 Å². The van der Waals surface area contributed by atoms with E-state index in [9.17, 15) is 4.39 Å². The molecule has 9 nitrogen and oxygen atoms in total. The van der Waals surface area contributed by atoms with Crippen molar-refractivity contribution in [2.75, 3.05) is 43.6 Å². The average molecular weight is 507 g/mol. The van der Waals surface area contributed by atoms with E-state index in [0.29, 0.717) is 42.3 Å². The summed E-state index contributed by atoms with van der Waals surface area (Å²) >= 11 is 0. The zero-order valence-electron chi connectivity index (χ0n) is 21.1. The smallest absolute Gasteiger partial charge is 0.262 e. The molecule has 1 aromatic carbocycles. The van der Waals surface area contributed by atoms with Crippen molar-refractivity contribution in [2.24, 2.45) is 11.8 Å². The van der Waals surface area contributed by atoms with Gasteiger partial charge < -0.3 is 24.4 Å². The summed E-state index contributed by atoms with van der Waals surface area (Å²) < 4.78 is 32.6. The molecular formula is C27H31FN6O3. The Kier molecular flexibility index (Phi) is 6.50. The lowest BCUT2D eigenvalue weighted by Gasteiger charge is -2.46. The van der Waals surface area contributed by atoms with Gasteiger partial charge in [-0.3, -0.25) is 0 Å². The largest absolute Gasteiger partial charge is 0.489 e. The molecule has 2 bridgehead atoms. The molecule has 1 aliphatic carbocycles. The summed E-state index contributed by atoms with van der Waals surface area (Å²) in [4.78, 5) is 20.2. The summed E-state index contributed by atoms with van der Waals surface area (Å²) in [7, 11) is 1.53. The minimum absolute atomic E-state index is 0.106. The molecule has 10 heteroatoms. The molecule has 0 amide bonds. The first kappa shape index (κ1) is 23.8. The molecule has 3 aliphatic rings. The topological polar surface area (TPSA) is 94.5 Å². The van der Waals surface area contributed by atoms with Gasteiger partial charge in [0.05, 0.1) is 26.0 Å². The summed E-state index contributed by atoms with van der Waals surface area (Å²) in [6, 6.07) is 5.10. The predicted molar refractivity (Wildman–Crippen MR) is 136 cm³/mol. The second-order valence-electron chi connectivity index (χ2n) is 9.99. The SMILES string of the molecule is CCc1ccc(Nc2ncnc(OC3C4COCC3CN(c3ncc(C5CC5)cn3)C4)c2OC)c(F)c1. The number of methoxy groups -OCH3 is 1. The van der Waals surface area contributed by atoms with Gasteiger partial charge >= 0.3 is 0 Å². The molecule has 1 N–H and O–H groups in total. The van der Waals surface area contributed by atoms with E-state index in [1.165, 1.54) is 37.9 Å². The van der Waals surface area contributed by atoms with Crippen LogP contribution in [0, 0.1) is 17.7 Å². The van der Waals surface area contributed by atoms with Crippen LogP contribution < -0.4 is 19.7 Å². The van der Waals surface area contributed by atoms with E-state index in [2.05, 4.69) is 30.2 Å². The number of fused-ring (bicyclic) bond motifs is 2. The maximum atomic E-state index is 14.6. The molecule has 3 fully saturated rings. The Balaban J connectivity index is 1.19. The number of aromatic nitrogens is 4. The number of rotatable bonds is 8. The third-order valence-corrected chi connectivity index (χ3v) is 7.41. The van der Waals surface area contributed by atoms with Gasteiger partial charge in [0, 0.05) is 37.3 Å². The number of nitrogens with one attached hydrogen (secondary N) is 1. The molecule has 4 heterocycles. The van der Waals surface area contributed by atoms with Crippen LogP contribution in [0.2, 0.25) is 0 Å². The fourth-order valence-corrected chi connectivity index (χ4v) is 5.23. The lowest BCUT2D eigenvalue weighted by Crippen LogP contribution is -2.58. The maximum absolute atomic E-state index is 14.6. The van der Waals surface area contributed by atoms with Crippen LogP contribution in [-0.2, 0) is 11.2 Å². The highest BCUT2D eigenvalue weighted by Crippen LogP contribution is 2.40. The molecule has 2 aromatic heterocycles. The van der Waals surface area contributed by atoms with Crippen LogP contribution in [0.4, 0.5) is 21.8 Å². The molecule has 2 unspecified atom stereocenters. The predicted octanol–water partition coefficient (Wildman–Crippen LogP) is 4.13. The van der Waals surface area contributed by atoms with Crippen molar-refractivity contribution >= 4 is 17.5 Å². The highest BCUT2D eigenvalue weighted by atomic mass is 19.1. The fourth-order valence-electron chi connectivity index (χ4n) is 5.23. The molecule has 37 heavy (non-hydrogen) atoms. The van der Waals surface area contributed by atoms with Crippen molar-refractivity contribution in [3.63, 3.8) is 0 Å². The summed E-state index contributed by atoms with van der Waals surface area (Å²) in [5.74, 6) is 2.25. The van der Waals surface area contributed by atoms with Gasteiger partial charge in [0.15, 0.2) is 5.82 Å². The van der Waals surface area contributed by atoms with Gasteiger partial charge in [0.2, 0.25) is 11.7 Å². The Hall–Kier alpha value is -3.53. The number of nitrogens with zero attached hydrogens (tertiary/aromatic N) is 5. The number of aryl methyl sites for hydroxylation is 1. The van der Waals surface area contributed by atoms with Gasteiger partial charge in [0.1, 0.15) is 18.2 Å². The molecule has 0 spiro atoms. The Morgan fingerprint density at radius 2 is 1.84 bits per heavy atom. The molecule has 0 radical (unpaired) electrons. The molecule has 2 saturated heterocycles. The number of hydrogen-bond acceptors (Lipinski definition) is 9. The third kappa shape index (κ3) is 4.90. The molecular weight excluding hydrogens is 475 g/mol. The first-order chi connectivity index (χ1) is 18.1. The number of hydrogen-bond donors (Lipinski definition) is 1. The van der Waals surface area contributed by atoms with Crippen molar-refractivity contribution in [2.45, 2.75) is 38.2 Å². The minimum Gasteiger partial charge on any atom is -0.489 e. The molecule has 3 aromatic rings. The number of piperidine rings is 1. The number of halogens is 1. The lowest BCUT2D eigenvalue weighted by atomic mass is 9.84. The van der Waals surface area contributed by atoms with Crippen molar-refractivity contribution < 1.29 is 18.6 Å². The van der Waals surface area contributed by atoms with Gasteiger partial charge in [-0.1, -0.05) is 13.0 Å². The second-order valence-corrected chi connectivity index (χ2v) is 9.99. The zero-order chi connectivity index (χ0) is 25.4. The van der Waals surface area contributed by atoms with E-state index >= 15 is 0 Å². The van der Waals surface area contributed by atoms with Gasteiger partial charge in [-0.15, -0.1) is 0 Å². The summed E-state index contributed by atoms with van der Waals surface area (Å²) in [6.45, 7) is 4.58. The van der Waals surface area contributed by atoms with Crippen LogP contribution >= 0.6 is 0 Å². The first-order valence-electron chi connectivity index (χ1n) is 12.9. The Morgan fingerprint density at radius 1 is 1.08 bits per heavy atom. The van der Waals surface area contributed by atoms with Crippen molar-refractivity contribution in [3.8, 4) is 11.6 Å². The van der Waals surface area contributed by atoms with Crippen LogP contribution in [0.3, 0.4) is 0 Å². The Bertz CT molecular complexity index is 1240. The van der Waals surface area contributed by atoms with Gasteiger partial charge in [0.25, 0.3) is 5.88 Å². The zero-order valence-corrected chi connectivity index (χ0v) is 21.1. The maximum Gasteiger partial charge on any atom is 0.262 e.